The molecule has 0 aliphatic carbocycles. The molecule has 1 aromatic carbocycles. The highest BCUT2D eigenvalue weighted by Gasteiger charge is 2.14. The summed E-state index contributed by atoms with van der Waals surface area (Å²) >= 11 is 0. The lowest BCUT2D eigenvalue weighted by atomic mass is 10.0. The van der Waals surface area contributed by atoms with Crippen molar-refractivity contribution in [3.8, 4) is 5.75 Å². The van der Waals surface area contributed by atoms with Gasteiger partial charge in [-0.05, 0) is 13.0 Å². The van der Waals surface area contributed by atoms with Gasteiger partial charge in [-0.1, -0.05) is 19.1 Å². The number of hydrogen-bond donors (Lipinski definition) is 0. The fraction of sp³-hybridized carbons (Fsp3) is 0.364. The second-order valence-corrected chi connectivity index (χ2v) is 2.96. The van der Waals surface area contributed by atoms with Crippen molar-refractivity contribution in [3.05, 3.63) is 35.5 Å². The van der Waals surface area contributed by atoms with Gasteiger partial charge in [0, 0.05) is 11.5 Å². The van der Waals surface area contributed by atoms with Crippen molar-refractivity contribution in [2.24, 2.45) is 0 Å². The van der Waals surface area contributed by atoms with Crippen LogP contribution in [0, 0.1) is 11.7 Å². The highest BCUT2D eigenvalue weighted by molar-refractivity contribution is 5.38. The molecule has 0 aliphatic heterocycles. The summed E-state index contributed by atoms with van der Waals surface area (Å²) in [6.07, 6.45) is 0. The van der Waals surface area contributed by atoms with Gasteiger partial charge in [-0.25, -0.2) is 4.39 Å². The van der Waals surface area contributed by atoms with Gasteiger partial charge in [0.05, 0.1) is 13.3 Å². The molecule has 0 atom stereocenters. The van der Waals surface area contributed by atoms with Crippen LogP contribution < -0.4 is 4.74 Å². The van der Waals surface area contributed by atoms with Crippen molar-refractivity contribution in [1.29, 1.82) is 0 Å². The van der Waals surface area contributed by atoms with Gasteiger partial charge in [0.1, 0.15) is 0 Å². The monoisotopic (exact) mass is 199 g/mol. The van der Waals surface area contributed by atoms with Crippen LogP contribution in [0.5, 0.6) is 5.75 Å². The molecule has 1 rings (SSSR count). The Morgan fingerprint density at radius 2 is 2.14 bits per heavy atom. The maximum Gasteiger partial charge on any atom is 0.168 e. The Hall–Kier alpha value is -1.12. The zero-order valence-corrected chi connectivity index (χ0v) is 8.31. The van der Waals surface area contributed by atoms with E-state index < -0.39 is 12.5 Å². The molecular formula is C11H13F2O. The summed E-state index contributed by atoms with van der Waals surface area (Å²) in [4.78, 5) is 0. The van der Waals surface area contributed by atoms with Crippen LogP contribution >= 0.6 is 0 Å². The van der Waals surface area contributed by atoms with Gasteiger partial charge in [0.25, 0.3) is 0 Å². The average molecular weight is 199 g/mol. The number of rotatable bonds is 4. The van der Waals surface area contributed by atoms with Crippen molar-refractivity contribution >= 4 is 0 Å². The lowest BCUT2D eigenvalue weighted by Crippen LogP contribution is -2.03. The predicted octanol–water partition coefficient (Wildman–Crippen LogP) is 3.14. The molecule has 1 aromatic rings. The van der Waals surface area contributed by atoms with Gasteiger partial charge in [0.15, 0.2) is 11.6 Å². The molecule has 0 saturated heterocycles. The van der Waals surface area contributed by atoms with Gasteiger partial charge in [-0.3, -0.25) is 4.39 Å². The summed E-state index contributed by atoms with van der Waals surface area (Å²) in [5.74, 6) is 0.0753. The van der Waals surface area contributed by atoms with Gasteiger partial charge in [-0.15, -0.1) is 0 Å². The molecular weight excluding hydrogens is 186 g/mol. The zero-order valence-electron chi connectivity index (χ0n) is 8.31. The fourth-order valence-corrected chi connectivity index (χ4v) is 1.18. The first-order valence-electron chi connectivity index (χ1n) is 4.50. The second-order valence-electron chi connectivity index (χ2n) is 2.96. The molecule has 1 nitrogen and oxygen atoms in total. The minimum Gasteiger partial charge on any atom is -0.491 e. The molecule has 0 spiro atoms. The SMILES string of the molecule is CCOc1cccc([C](C)CF)c1F. The lowest BCUT2D eigenvalue weighted by molar-refractivity contribution is 0.320. The van der Waals surface area contributed by atoms with E-state index in [0.29, 0.717) is 18.1 Å². The molecule has 3 heteroatoms. The minimum atomic E-state index is -0.646. The van der Waals surface area contributed by atoms with Gasteiger partial charge in [0.2, 0.25) is 0 Å². The summed E-state index contributed by atoms with van der Waals surface area (Å²) < 4.78 is 31.0. The molecule has 0 unspecified atom stereocenters. The molecule has 0 amide bonds. The van der Waals surface area contributed by atoms with Crippen LogP contribution in [0.1, 0.15) is 19.4 Å². The predicted molar refractivity (Wildman–Crippen MR) is 51.6 cm³/mol. The molecule has 1 radical (unpaired) electrons. The molecule has 0 heterocycles. The van der Waals surface area contributed by atoms with E-state index in [4.69, 9.17) is 4.74 Å². The first-order chi connectivity index (χ1) is 6.70. The van der Waals surface area contributed by atoms with Gasteiger partial charge < -0.3 is 4.74 Å². The van der Waals surface area contributed by atoms with E-state index in [2.05, 4.69) is 0 Å². The number of ether oxygens (including phenoxy) is 1. The summed E-state index contributed by atoms with van der Waals surface area (Å²) in [6, 6.07) is 4.74. The van der Waals surface area contributed by atoms with E-state index in [9.17, 15) is 8.78 Å². The summed E-state index contributed by atoms with van der Waals surface area (Å²) in [7, 11) is 0. The number of benzene rings is 1. The van der Waals surface area contributed by atoms with Crippen LogP contribution in [0.15, 0.2) is 18.2 Å². The third-order valence-corrected chi connectivity index (χ3v) is 1.92. The van der Waals surface area contributed by atoms with E-state index in [-0.39, 0.29) is 5.75 Å². The maximum atomic E-state index is 13.6. The Kier molecular flexibility index (Phi) is 3.86. The normalized spacial score (nSPS) is 10.6. The fourth-order valence-electron chi connectivity index (χ4n) is 1.18. The second kappa shape index (κ2) is 4.94. The van der Waals surface area contributed by atoms with Crippen LogP contribution in [-0.4, -0.2) is 13.3 Å². The molecule has 77 valence electrons. The Morgan fingerprint density at radius 3 is 2.71 bits per heavy atom. The Balaban J connectivity index is 3.00. The Labute approximate surface area is 82.7 Å². The summed E-state index contributed by atoms with van der Waals surface area (Å²) in [5, 5.41) is 0. The van der Waals surface area contributed by atoms with E-state index in [1.165, 1.54) is 6.07 Å². The number of alkyl halides is 1. The van der Waals surface area contributed by atoms with Crippen LogP contribution in [0.3, 0.4) is 0 Å². The van der Waals surface area contributed by atoms with Crippen LogP contribution in [0.4, 0.5) is 8.78 Å². The summed E-state index contributed by atoms with van der Waals surface area (Å²) in [6.45, 7) is 3.09. The van der Waals surface area contributed by atoms with Crippen molar-refractivity contribution in [2.45, 2.75) is 13.8 Å². The first-order valence-corrected chi connectivity index (χ1v) is 4.50. The molecule has 14 heavy (non-hydrogen) atoms. The molecule has 0 saturated carbocycles. The molecule has 0 aliphatic rings. The Bertz CT molecular complexity index is 299. The van der Waals surface area contributed by atoms with Crippen molar-refractivity contribution in [2.75, 3.05) is 13.3 Å². The van der Waals surface area contributed by atoms with E-state index in [0.717, 1.165) is 0 Å². The van der Waals surface area contributed by atoms with E-state index in [1.54, 1.807) is 26.0 Å². The van der Waals surface area contributed by atoms with E-state index in [1.807, 2.05) is 0 Å². The largest absolute Gasteiger partial charge is 0.491 e. The third kappa shape index (κ3) is 2.22. The van der Waals surface area contributed by atoms with E-state index >= 15 is 0 Å². The van der Waals surface area contributed by atoms with Crippen molar-refractivity contribution in [1.82, 2.24) is 0 Å². The minimum absolute atomic E-state index is 0.179. The Morgan fingerprint density at radius 1 is 1.43 bits per heavy atom. The molecule has 0 fully saturated rings. The average Bonchev–Trinajstić information content (AvgIpc) is 2.20. The number of halogens is 2. The number of hydrogen-bond acceptors (Lipinski definition) is 1. The highest BCUT2D eigenvalue weighted by atomic mass is 19.1. The van der Waals surface area contributed by atoms with Crippen LogP contribution in [0.25, 0.3) is 0 Å². The van der Waals surface area contributed by atoms with Crippen molar-refractivity contribution < 1.29 is 13.5 Å². The smallest absolute Gasteiger partial charge is 0.168 e. The van der Waals surface area contributed by atoms with Crippen LogP contribution in [0.2, 0.25) is 0 Å². The summed E-state index contributed by atoms with van der Waals surface area (Å²) in [5.41, 5.74) is 0.290. The van der Waals surface area contributed by atoms with Gasteiger partial charge >= 0.3 is 0 Å². The molecule has 0 bridgehead atoms. The molecule has 0 aromatic heterocycles. The zero-order chi connectivity index (χ0) is 10.6. The highest BCUT2D eigenvalue weighted by Crippen LogP contribution is 2.25. The van der Waals surface area contributed by atoms with Crippen molar-refractivity contribution in [3.63, 3.8) is 0 Å². The first kappa shape index (κ1) is 11.0. The quantitative estimate of drug-likeness (QED) is 0.723. The third-order valence-electron chi connectivity index (χ3n) is 1.92. The lowest BCUT2D eigenvalue weighted by Gasteiger charge is -2.11. The topological polar surface area (TPSA) is 9.23 Å². The maximum absolute atomic E-state index is 13.6. The molecule has 0 N–H and O–H groups in total. The standard InChI is InChI=1S/C11H13F2O/c1-3-14-10-6-4-5-9(11(10)13)8(2)7-12/h4-6H,3,7H2,1-2H3. The van der Waals surface area contributed by atoms with Crippen LogP contribution in [-0.2, 0) is 0 Å². The van der Waals surface area contributed by atoms with Gasteiger partial charge in [-0.2, -0.15) is 0 Å².